The number of rotatable bonds is 4. The summed E-state index contributed by atoms with van der Waals surface area (Å²) in [5.74, 6) is 1.04. The molecule has 21 heavy (non-hydrogen) atoms. The van der Waals surface area contributed by atoms with Crippen LogP contribution in [0.4, 0.5) is 5.69 Å². The summed E-state index contributed by atoms with van der Waals surface area (Å²) < 4.78 is 11.3. The summed E-state index contributed by atoms with van der Waals surface area (Å²) in [5.41, 5.74) is 2.17. The van der Waals surface area contributed by atoms with Crippen molar-refractivity contribution >= 4 is 27.5 Å². The highest BCUT2D eigenvalue weighted by Gasteiger charge is 2.12. The quantitative estimate of drug-likeness (QED) is 0.906. The highest BCUT2D eigenvalue weighted by Crippen LogP contribution is 2.33. The Morgan fingerprint density at radius 3 is 2.38 bits per heavy atom. The zero-order valence-corrected chi connectivity index (χ0v) is 13.7. The second-order valence-corrected chi connectivity index (χ2v) is 5.40. The number of benzene rings is 2. The molecule has 2 rings (SSSR count). The molecule has 0 aliphatic rings. The van der Waals surface area contributed by atoms with E-state index in [1.54, 1.807) is 32.4 Å². The van der Waals surface area contributed by atoms with Crippen LogP contribution in [-0.2, 0) is 0 Å². The van der Waals surface area contributed by atoms with Crippen molar-refractivity contribution in [3.05, 3.63) is 52.0 Å². The predicted molar refractivity (Wildman–Crippen MR) is 86.4 cm³/mol. The first-order chi connectivity index (χ1) is 10.0. The topological polar surface area (TPSA) is 47.6 Å². The van der Waals surface area contributed by atoms with Gasteiger partial charge in [-0.1, -0.05) is 22.0 Å². The predicted octanol–water partition coefficient (Wildman–Crippen LogP) is 4.03. The lowest BCUT2D eigenvalue weighted by Gasteiger charge is -2.13. The molecule has 0 spiro atoms. The van der Waals surface area contributed by atoms with E-state index >= 15 is 0 Å². The molecule has 1 amide bonds. The minimum absolute atomic E-state index is 0.174. The average molecular weight is 350 g/mol. The van der Waals surface area contributed by atoms with Gasteiger partial charge in [0.2, 0.25) is 0 Å². The molecular formula is C16H16BrNO3. The summed E-state index contributed by atoms with van der Waals surface area (Å²) in [6.07, 6.45) is 0. The fourth-order valence-corrected chi connectivity index (χ4v) is 2.34. The van der Waals surface area contributed by atoms with Gasteiger partial charge in [0.15, 0.2) is 11.5 Å². The number of carbonyl (C=O) groups excluding carboxylic acids is 1. The molecule has 0 unspecified atom stereocenters. The lowest BCUT2D eigenvalue weighted by molar-refractivity contribution is 0.102. The van der Waals surface area contributed by atoms with Crippen molar-refractivity contribution < 1.29 is 14.3 Å². The maximum atomic E-state index is 12.3. The normalized spacial score (nSPS) is 10.1. The number of carbonyl (C=O) groups is 1. The van der Waals surface area contributed by atoms with Crippen LogP contribution < -0.4 is 14.8 Å². The largest absolute Gasteiger partial charge is 0.493 e. The Morgan fingerprint density at radius 2 is 1.76 bits per heavy atom. The number of aryl methyl sites for hydroxylation is 1. The number of methoxy groups -OCH3 is 2. The van der Waals surface area contributed by atoms with Crippen LogP contribution in [0.2, 0.25) is 0 Å². The van der Waals surface area contributed by atoms with E-state index in [4.69, 9.17) is 9.47 Å². The molecule has 1 N–H and O–H groups in total. The Morgan fingerprint density at radius 1 is 1.10 bits per heavy atom. The molecule has 0 aromatic heterocycles. The van der Waals surface area contributed by atoms with Crippen molar-refractivity contribution in [1.82, 2.24) is 0 Å². The fraction of sp³-hybridized carbons (Fsp3) is 0.188. The first kappa shape index (κ1) is 15.4. The van der Waals surface area contributed by atoms with Gasteiger partial charge < -0.3 is 14.8 Å². The molecule has 0 heterocycles. The molecule has 2 aromatic carbocycles. The Labute approximate surface area is 132 Å². The monoisotopic (exact) mass is 349 g/mol. The van der Waals surface area contributed by atoms with Crippen LogP contribution >= 0.6 is 15.9 Å². The third-order valence-electron chi connectivity index (χ3n) is 3.07. The van der Waals surface area contributed by atoms with Crippen molar-refractivity contribution in [2.24, 2.45) is 0 Å². The molecular weight excluding hydrogens is 334 g/mol. The molecule has 0 fully saturated rings. The summed E-state index contributed by atoms with van der Waals surface area (Å²) in [4.78, 5) is 12.3. The van der Waals surface area contributed by atoms with E-state index in [2.05, 4.69) is 21.2 Å². The third-order valence-corrected chi connectivity index (χ3v) is 3.56. The van der Waals surface area contributed by atoms with Gasteiger partial charge in [-0.25, -0.2) is 0 Å². The lowest BCUT2D eigenvalue weighted by atomic mass is 10.1. The molecule has 0 radical (unpaired) electrons. The van der Waals surface area contributed by atoms with Crippen LogP contribution in [-0.4, -0.2) is 20.1 Å². The standard InChI is InChI=1S/C16H16BrNO3/c1-10-7-14(20-2)15(21-3)9-13(10)18-16(19)11-5-4-6-12(17)8-11/h4-9H,1-3H3,(H,18,19). The number of hydrogen-bond acceptors (Lipinski definition) is 3. The highest BCUT2D eigenvalue weighted by molar-refractivity contribution is 9.10. The second kappa shape index (κ2) is 6.63. The Kier molecular flexibility index (Phi) is 4.85. The van der Waals surface area contributed by atoms with Crippen molar-refractivity contribution in [1.29, 1.82) is 0 Å². The molecule has 2 aromatic rings. The van der Waals surface area contributed by atoms with Gasteiger partial charge in [-0.05, 0) is 36.8 Å². The number of hydrogen-bond donors (Lipinski definition) is 1. The van der Waals surface area contributed by atoms with E-state index in [0.717, 1.165) is 10.0 Å². The first-order valence-corrected chi connectivity index (χ1v) is 7.14. The van der Waals surface area contributed by atoms with Crippen LogP contribution in [0.25, 0.3) is 0 Å². The smallest absolute Gasteiger partial charge is 0.255 e. The van der Waals surface area contributed by atoms with Crippen LogP contribution in [0.5, 0.6) is 11.5 Å². The van der Waals surface area contributed by atoms with Crippen molar-refractivity contribution in [3.8, 4) is 11.5 Å². The van der Waals surface area contributed by atoms with E-state index in [1.165, 1.54) is 0 Å². The molecule has 0 saturated carbocycles. The third kappa shape index (κ3) is 3.55. The molecule has 0 bridgehead atoms. The van der Waals surface area contributed by atoms with E-state index in [0.29, 0.717) is 22.7 Å². The number of amides is 1. The van der Waals surface area contributed by atoms with Crippen molar-refractivity contribution in [2.45, 2.75) is 6.92 Å². The Bertz CT molecular complexity index is 671. The second-order valence-electron chi connectivity index (χ2n) is 4.49. The van der Waals surface area contributed by atoms with E-state index in [9.17, 15) is 4.79 Å². The average Bonchev–Trinajstić information content (AvgIpc) is 2.48. The van der Waals surface area contributed by atoms with Gasteiger partial charge in [0.25, 0.3) is 5.91 Å². The minimum atomic E-state index is -0.174. The first-order valence-electron chi connectivity index (χ1n) is 6.34. The minimum Gasteiger partial charge on any atom is -0.493 e. The van der Waals surface area contributed by atoms with E-state index in [-0.39, 0.29) is 5.91 Å². The van der Waals surface area contributed by atoms with Gasteiger partial charge in [0, 0.05) is 21.8 Å². The summed E-state index contributed by atoms with van der Waals surface area (Å²) in [5, 5.41) is 2.88. The zero-order valence-electron chi connectivity index (χ0n) is 12.1. The summed E-state index contributed by atoms with van der Waals surface area (Å²) in [6, 6.07) is 10.8. The van der Waals surface area contributed by atoms with Gasteiger partial charge in [-0.3, -0.25) is 4.79 Å². The zero-order chi connectivity index (χ0) is 15.4. The fourth-order valence-electron chi connectivity index (χ4n) is 1.94. The van der Waals surface area contributed by atoms with Gasteiger partial charge in [-0.15, -0.1) is 0 Å². The molecule has 110 valence electrons. The van der Waals surface area contributed by atoms with Crippen molar-refractivity contribution in [2.75, 3.05) is 19.5 Å². The number of nitrogens with one attached hydrogen (secondary N) is 1. The number of anilines is 1. The number of ether oxygens (including phenoxy) is 2. The molecule has 5 heteroatoms. The summed E-state index contributed by atoms with van der Waals surface area (Å²) >= 11 is 3.36. The maximum Gasteiger partial charge on any atom is 0.255 e. The molecule has 0 aliphatic heterocycles. The molecule has 0 aliphatic carbocycles. The SMILES string of the molecule is COc1cc(C)c(NC(=O)c2cccc(Br)c2)cc1OC. The van der Waals surface area contributed by atoms with Crippen molar-refractivity contribution in [3.63, 3.8) is 0 Å². The number of halogens is 1. The maximum absolute atomic E-state index is 12.3. The Balaban J connectivity index is 2.29. The van der Waals surface area contributed by atoms with Gasteiger partial charge >= 0.3 is 0 Å². The van der Waals surface area contributed by atoms with Crippen LogP contribution in [0.15, 0.2) is 40.9 Å². The summed E-state index contributed by atoms with van der Waals surface area (Å²) in [7, 11) is 3.14. The molecule has 0 saturated heterocycles. The van der Waals surface area contributed by atoms with Gasteiger partial charge in [0.1, 0.15) is 0 Å². The Hall–Kier alpha value is -2.01. The summed E-state index contributed by atoms with van der Waals surface area (Å²) in [6.45, 7) is 1.90. The van der Waals surface area contributed by atoms with Crippen LogP contribution in [0.1, 0.15) is 15.9 Å². The van der Waals surface area contributed by atoms with Crippen LogP contribution in [0, 0.1) is 6.92 Å². The molecule has 4 nitrogen and oxygen atoms in total. The lowest BCUT2D eigenvalue weighted by Crippen LogP contribution is -2.13. The highest BCUT2D eigenvalue weighted by atomic mass is 79.9. The van der Waals surface area contributed by atoms with Gasteiger partial charge in [0.05, 0.1) is 14.2 Å². The van der Waals surface area contributed by atoms with Crippen LogP contribution in [0.3, 0.4) is 0 Å². The molecule has 0 atom stereocenters. The van der Waals surface area contributed by atoms with Gasteiger partial charge in [-0.2, -0.15) is 0 Å². The van der Waals surface area contributed by atoms with E-state index < -0.39 is 0 Å². The van der Waals surface area contributed by atoms with E-state index in [1.807, 2.05) is 25.1 Å².